The smallest absolute Gasteiger partial charge is 0.327 e. The van der Waals surface area contributed by atoms with E-state index < -0.39 is 133 Å². The Morgan fingerprint density at radius 1 is 0.667 bits per heavy atom. The second-order valence-corrected chi connectivity index (χ2v) is 17.6. The second kappa shape index (κ2) is 28.7. The van der Waals surface area contributed by atoms with Crippen molar-refractivity contribution in [1.82, 2.24) is 61.6 Å². The van der Waals surface area contributed by atoms with E-state index in [1.807, 2.05) is 10.2 Å². The molecule has 4 rings (SSSR count). The maximum Gasteiger partial charge on any atom is 0.327 e. The van der Waals surface area contributed by atoms with Crippen LogP contribution in [-0.4, -0.2) is 209 Å². The predicted octanol–water partition coefficient (Wildman–Crippen LogP) is -4.58. The highest BCUT2D eigenvalue weighted by Crippen LogP contribution is 2.13. The van der Waals surface area contributed by atoms with Crippen molar-refractivity contribution < 1.29 is 78.3 Å². The van der Waals surface area contributed by atoms with Crippen LogP contribution in [0.1, 0.15) is 48.2 Å². The molecular formula is C43H56N14O17S. The molecule has 0 unspecified atom stereocenters. The summed E-state index contributed by atoms with van der Waals surface area (Å²) in [6, 6.07) is -2.27. The van der Waals surface area contributed by atoms with Crippen LogP contribution < -0.4 is 48.5 Å². The molecule has 0 spiro atoms. The lowest BCUT2D eigenvalue weighted by Crippen LogP contribution is -2.53. The molecule has 2 aromatic heterocycles. The number of nitrogen functional groups attached to an aromatic ring is 1. The molecule has 3 aromatic rings. The molecule has 0 aliphatic carbocycles. The first-order valence-electron chi connectivity index (χ1n) is 22.7. The Kier molecular flexibility index (Phi) is 22.6. The van der Waals surface area contributed by atoms with Crippen molar-refractivity contribution in [2.24, 2.45) is 0 Å². The number of carboxylic acid groups (broad SMARTS) is 5. The Bertz CT molecular complexity index is 2670. The number of aromatic nitrogens is 4. The van der Waals surface area contributed by atoms with Crippen molar-refractivity contribution in [3.05, 3.63) is 52.1 Å². The predicted molar refractivity (Wildman–Crippen MR) is 261 cm³/mol. The average molecular weight is 1070 g/mol. The third-order valence-electron chi connectivity index (χ3n) is 11.0. The first-order chi connectivity index (χ1) is 35.5. The molecule has 1 fully saturated rings. The van der Waals surface area contributed by atoms with E-state index in [4.69, 9.17) is 5.73 Å². The Hall–Kier alpha value is -8.52. The molecule has 75 heavy (non-hydrogen) atoms. The van der Waals surface area contributed by atoms with E-state index in [1.54, 1.807) is 11.2 Å². The van der Waals surface area contributed by atoms with Gasteiger partial charge in [0.1, 0.15) is 30.2 Å². The van der Waals surface area contributed by atoms with Crippen LogP contribution in [0.2, 0.25) is 0 Å². The normalized spacial score (nSPS) is 14.6. The summed E-state index contributed by atoms with van der Waals surface area (Å²) in [5, 5.41) is 64.3. The van der Waals surface area contributed by atoms with Crippen LogP contribution in [0.25, 0.3) is 11.2 Å². The Morgan fingerprint density at radius 3 is 1.75 bits per heavy atom. The van der Waals surface area contributed by atoms with Gasteiger partial charge in [-0.2, -0.15) is 16.7 Å². The second-order valence-electron chi connectivity index (χ2n) is 16.7. The van der Waals surface area contributed by atoms with Gasteiger partial charge < -0.3 is 68.5 Å². The van der Waals surface area contributed by atoms with Crippen molar-refractivity contribution >= 4 is 99.9 Å². The molecule has 1 aromatic carbocycles. The van der Waals surface area contributed by atoms with E-state index in [2.05, 4.69) is 51.8 Å². The lowest BCUT2D eigenvalue weighted by atomic mass is 10.1. The molecule has 406 valence electrons. The van der Waals surface area contributed by atoms with E-state index in [0.29, 0.717) is 44.1 Å². The molecule has 3 heterocycles. The van der Waals surface area contributed by atoms with Gasteiger partial charge in [-0.05, 0) is 36.9 Å². The number of carbonyl (C=O) groups is 11. The number of thioether (sulfide) groups is 1. The average Bonchev–Trinajstić information content (AvgIpc) is 3.34. The lowest BCUT2D eigenvalue weighted by Gasteiger charge is -2.34. The number of piperazine rings is 1. The topological polar surface area (TPSA) is 477 Å². The number of aliphatic carboxylic acids is 5. The number of H-pyrrole nitrogens is 1. The van der Waals surface area contributed by atoms with Crippen molar-refractivity contribution in [3.63, 3.8) is 0 Å². The van der Waals surface area contributed by atoms with Gasteiger partial charge in [0.2, 0.25) is 35.5 Å². The first-order valence-corrected chi connectivity index (χ1v) is 24.1. The van der Waals surface area contributed by atoms with E-state index in [0.717, 1.165) is 11.8 Å². The van der Waals surface area contributed by atoms with Crippen molar-refractivity contribution in [3.8, 4) is 0 Å². The van der Waals surface area contributed by atoms with Crippen LogP contribution in [0.3, 0.4) is 0 Å². The molecule has 31 nitrogen and oxygen atoms in total. The number of aromatic amines is 1. The Balaban J connectivity index is 1.13. The standard InChI is InChI=1S/C43H56N14O17S/c1-75-20-28(42(73)74)52-32(61)15-26(40(69)70)50-31(60)16-27(41(71)72)51-33(62)19-57-12-10-56(11-13-57)9-8-45-30(59)14-25(39(67)68)49-29(58)7-6-24(38(65)66)53-36(63)21-2-4-22(5-3-21)46-17-23-18-47-35-34(48-23)37(64)55-43(44)54-35/h2-5,18,24-28,46H,6-17,19-20H2,1H3,(H,45,59)(H,49,58)(H,50,60)(H,51,62)(H,52,61)(H,53,63)(H,65,66)(H,67,68)(H,69,70)(H,71,72)(H,73,74)(H3,44,47,54,55,64)/t24-,25-,26-,27-,28-/m0/s1. The summed E-state index contributed by atoms with van der Waals surface area (Å²) in [6.45, 7) is 1.64. The molecule has 5 atom stereocenters. The number of nitrogens with one attached hydrogen (secondary N) is 8. The molecule has 0 bridgehead atoms. The molecular weight excluding hydrogens is 1020 g/mol. The molecule has 1 aliphatic heterocycles. The van der Waals surface area contributed by atoms with Gasteiger partial charge >= 0.3 is 29.8 Å². The van der Waals surface area contributed by atoms with Crippen LogP contribution in [0.5, 0.6) is 0 Å². The number of rotatable bonds is 30. The van der Waals surface area contributed by atoms with Crippen molar-refractivity contribution in [2.45, 2.75) is 68.9 Å². The highest BCUT2D eigenvalue weighted by atomic mass is 32.2. The van der Waals surface area contributed by atoms with Crippen LogP contribution in [-0.2, 0) is 54.5 Å². The summed E-state index contributed by atoms with van der Waals surface area (Å²) < 4.78 is 0. The van der Waals surface area contributed by atoms with E-state index in [1.165, 1.54) is 30.5 Å². The Morgan fingerprint density at radius 2 is 1.19 bits per heavy atom. The first kappa shape index (κ1) is 59.0. The largest absolute Gasteiger partial charge is 0.480 e. The fraction of sp³-hybridized carbons (Fsp3) is 0.465. The lowest BCUT2D eigenvalue weighted by molar-refractivity contribution is -0.146. The van der Waals surface area contributed by atoms with Crippen LogP contribution >= 0.6 is 11.8 Å². The van der Waals surface area contributed by atoms with Gasteiger partial charge in [0.15, 0.2) is 11.2 Å². The van der Waals surface area contributed by atoms with Crippen LogP contribution in [0, 0.1) is 0 Å². The van der Waals surface area contributed by atoms with E-state index >= 15 is 0 Å². The van der Waals surface area contributed by atoms with Gasteiger partial charge in [-0.25, -0.2) is 33.9 Å². The quantitative estimate of drug-likeness (QED) is 0.0299. The fourth-order valence-electron chi connectivity index (χ4n) is 7.07. The molecule has 1 saturated heterocycles. The minimum atomic E-state index is -1.83. The summed E-state index contributed by atoms with van der Waals surface area (Å²) in [6.07, 6.45) is -0.372. The number of anilines is 2. The Labute approximate surface area is 428 Å². The number of benzene rings is 1. The summed E-state index contributed by atoms with van der Waals surface area (Å²) >= 11 is 1.12. The zero-order valence-electron chi connectivity index (χ0n) is 40.0. The highest BCUT2D eigenvalue weighted by molar-refractivity contribution is 7.98. The van der Waals surface area contributed by atoms with Gasteiger partial charge in [0.05, 0.1) is 44.2 Å². The molecule has 1 aliphatic rings. The maximum absolute atomic E-state index is 12.9. The molecule has 6 amide bonds. The van der Waals surface area contributed by atoms with Crippen molar-refractivity contribution in [2.75, 3.05) is 68.9 Å². The molecule has 15 N–H and O–H groups in total. The number of amides is 6. The summed E-state index contributed by atoms with van der Waals surface area (Å²) in [5.74, 6) is -13.0. The third kappa shape index (κ3) is 19.8. The molecule has 32 heteroatoms. The number of carboxylic acids is 5. The molecule has 0 radical (unpaired) electrons. The van der Waals surface area contributed by atoms with Crippen LogP contribution in [0.4, 0.5) is 11.6 Å². The fourth-order valence-corrected chi connectivity index (χ4v) is 7.63. The minimum Gasteiger partial charge on any atom is -0.480 e. The summed E-state index contributed by atoms with van der Waals surface area (Å²) in [7, 11) is 0. The van der Waals surface area contributed by atoms with Crippen molar-refractivity contribution in [1.29, 1.82) is 0 Å². The number of fused-ring (bicyclic) bond motifs is 1. The minimum absolute atomic E-state index is 0.00850. The van der Waals surface area contributed by atoms with Crippen LogP contribution in [0.15, 0.2) is 35.3 Å². The van der Waals surface area contributed by atoms with Gasteiger partial charge in [-0.1, -0.05) is 0 Å². The van der Waals surface area contributed by atoms with Gasteiger partial charge in [-0.3, -0.25) is 48.3 Å². The zero-order valence-corrected chi connectivity index (χ0v) is 40.8. The third-order valence-corrected chi connectivity index (χ3v) is 11.7. The number of nitrogens with zero attached hydrogens (tertiary/aromatic N) is 5. The SMILES string of the molecule is CSC[C@H](NC(=O)C[C@H](NC(=O)C[C@H](NC(=O)CN1CCN(CCNC(=O)C[C@H](NC(=O)CC[C@H](NC(=O)c2ccc(NCc3cnc4nc(N)[nH]c(=O)c4n3)cc2)C(=O)O)C(=O)O)CC1)C(=O)O)C(=O)O)C(=O)O. The number of hydrogen-bond acceptors (Lipinski definition) is 20. The monoisotopic (exact) mass is 1070 g/mol. The van der Waals surface area contributed by atoms with E-state index in [-0.39, 0.29) is 48.1 Å². The molecule has 0 saturated carbocycles. The summed E-state index contributed by atoms with van der Waals surface area (Å²) in [5.41, 5.74) is 6.04. The van der Waals surface area contributed by atoms with E-state index in [9.17, 15) is 83.1 Å². The number of hydrogen-bond donors (Lipinski definition) is 14. The van der Waals surface area contributed by atoms with Gasteiger partial charge in [0.25, 0.3) is 11.5 Å². The van der Waals surface area contributed by atoms with Gasteiger partial charge in [-0.15, -0.1) is 0 Å². The number of carbonyl (C=O) groups excluding carboxylic acids is 6. The van der Waals surface area contributed by atoms with Gasteiger partial charge in [0, 0.05) is 62.7 Å². The summed E-state index contributed by atoms with van der Waals surface area (Å²) in [4.78, 5) is 165. The maximum atomic E-state index is 12.9. The highest BCUT2D eigenvalue weighted by Gasteiger charge is 2.31. The zero-order chi connectivity index (χ0) is 55.4. The number of nitrogens with two attached hydrogens (primary N) is 1.